The molecule has 0 amide bonds. The van der Waals surface area contributed by atoms with E-state index in [2.05, 4.69) is 18.7 Å². The zero-order chi connectivity index (χ0) is 12.5. The standard InChI is InChI=1S/C13H20O3Si/c1-4-11-6-5-7-12(10-11)8-9-16-17-13(14-2)15-3/h4-7,10,13H,1,8-9,17H2,2-3H3. The molecule has 0 N–H and O–H groups in total. The minimum absolute atomic E-state index is 0.144. The molecular formula is C13H20O3Si. The fraction of sp³-hybridized carbons (Fsp3) is 0.385. The van der Waals surface area contributed by atoms with E-state index in [4.69, 9.17) is 13.9 Å². The minimum Gasteiger partial charge on any atom is -0.418 e. The molecule has 0 bridgehead atoms. The third kappa shape index (κ3) is 5.28. The highest BCUT2D eigenvalue weighted by Crippen LogP contribution is 2.07. The lowest BCUT2D eigenvalue weighted by Gasteiger charge is -2.12. The summed E-state index contributed by atoms with van der Waals surface area (Å²) >= 11 is 0. The van der Waals surface area contributed by atoms with Crippen LogP contribution in [0.1, 0.15) is 11.1 Å². The van der Waals surface area contributed by atoms with Crippen LogP contribution in [0.25, 0.3) is 6.08 Å². The van der Waals surface area contributed by atoms with Gasteiger partial charge in [-0.1, -0.05) is 36.9 Å². The zero-order valence-corrected chi connectivity index (χ0v) is 11.9. The van der Waals surface area contributed by atoms with Crippen LogP contribution in [0.3, 0.4) is 0 Å². The van der Waals surface area contributed by atoms with Crippen LogP contribution >= 0.6 is 0 Å². The Morgan fingerprint density at radius 1 is 1.35 bits per heavy atom. The molecule has 4 heteroatoms. The molecule has 0 radical (unpaired) electrons. The van der Waals surface area contributed by atoms with Gasteiger partial charge in [-0.15, -0.1) is 0 Å². The molecule has 0 unspecified atom stereocenters. The second-order valence-corrected chi connectivity index (χ2v) is 5.08. The molecule has 0 saturated heterocycles. The Morgan fingerprint density at radius 2 is 2.12 bits per heavy atom. The number of benzene rings is 1. The summed E-state index contributed by atoms with van der Waals surface area (Å²) in [5.41, 5.74) is 2.41. The fourth-order valence-electron chi connectivity index (χ4n) is 1.48. The lowest BCUT2D eigenvalue weighted by atomic mass is 10.1. The molecule has 0 spiro atoms. The van der Waals surface area contributed by atoms with Gasteiger partial charge in [0.25, 0.3) is 0 Å². The van der Waals surface area contributed by atoms with E-state index in [-0.39, 0.29) is 5.91 Å². The largest absolute Gasteiger partial charge is 0.418 e. The van der Waals surface area contributed by atoms with Crippen molar-refractivity contribution in [1.29, 1.82) is 0 Å². The smallest absolute Gasteiger partial charge is 0.223 e. The maximum Gasteiger partial charge on any atom is 0.223 e. The molecule has 0 atom stereocenters. The summed E-state index contributed by atoms with van der Waals surface area (Å²) in [5.74, 6) is -0.144. The van der Waals surface area contributed by atoms with Crippen molar-refractivity contribution in [3.63, 3.8) is 0 Å². The molecule has 17 heavy (non-hydrogen) atoms. The van der Waals surface area contributed by atoms with Crippen molar-refractivity contribution >= 4 is 15.8 Å². The predicted octanol–water partition coefficient (Wildman–Crippen LogP) is 1.55. The molecule has 1 aromatic rings. The first-order chi connectivity index (χ1) is 8.30. The molecule has 0 heterocycles. The molecule has 1 aromatic carbocycles. The van der Waals surface area contributed by atoms with Gasteiger partial charge in [-0.25, -0.2) is 0 Å². The topological polar surface area (TPSA) is 27.7 Å². The van der Waals surface area contributed by atoms with Crippen molar-refractivity contribution in [2.45, 2.75) is 12.3 Å². The molecule has 3 nitrogen and oxygen atoms in total. The van der Waals surface area contributed by atoms with Crippen molar-refractivity contribution in [2.24, 2.45) is 0 Å². The molecule has 0 fully saturated rings. The Bertz CT molecular complexity index is 337. The van der Waals surface area contributed by atoms with Gasteiger partial charge in [0.15, 0.2) is 5.91 Å². The van der Waals surface area contributed by atoms with Crippen LogP contribution in [0.15, 0.2) is 30.8 Å². The number of ether oxygens (including phenoxy) is 2. The van der Waals surface area contributed by atoms with Gasteiger partial charge >= 0.3 is 0 Å². The Kier molecular flexibility index (Phi) is 6.80. The van der Waals surface area contributed by atoms with Gasteiger partial charge < -0.3 is 13.9 Å². The summed E-state index contributed by atoms with van der Waals surface area (Å²) in [4.78, 5) is 0. The van der Waals surface area contributed by atoms with Gasteiger partial charge in [0.2, 0.25) is 9.76 Å². The highest BCUT2D eigenvalue weighted by atomic mass is 28.2. The number of methoxy groups -OCH3 is 2. The SMILES string of the molecule is C=Cc1cccc(CCO[SiH2]C(OC)OC)c1. The van der Waals surface area contributed by atoms with Crippen LogP contribution in [0, 0.1) is 0 Å². The highest BCUT2D eigenvalue weighted by Gasteiger charge is 2.05. The van der Waals surface area contributed by atoms with Crippen LogP contribution < -0.4 is 0 Å². The monoisotopic (exact) mass is 252 g/mol. The van der Waals surface area contributed by atoms with Crippen molar-refractivity contribution in [2.75, 3.05) is 20.8 Å². The van der Waals surface area contributed by atoms with Crippen LogP contribution in [-0.4, -0.2) is 36.5 Å². The van der Waals surface area contributed by atoms with Crippen molar-refractivity contribution in [1.82, 2.24) is 0 Å². The van der Waals surface area contributed by atoms with Crippen LogP contribution in [-0.2, 0) is 20.3 Å². The van der Waals surface area contributed by atoms with Crippen LogP contribution in [0.5, 0.6) is 0 Å². The lowest BCUT2D eigenvalue weighted by Crippen LogP contribution is -2.24. The first-order valence-corrected chi connectivity index (χ1v) is 7.04. The summed E-state index contributed by atoms with van der Waals surface area (Å²) in [6.45, 7) is 4.47. The molecule has 0 aliphatic heterocycles. The van der Waals surface area contributed by atoms with Gasteiger partial charge in [-0.3, -0.25) is 0 Å². The average Bonchev–Trinajstić information content (AvgIpc) is 2.39. The van der Waals surface area contributed by atoms with Gasteiger partial charge in [-0.2, -0.15) is 0 Å². The number of hydrogen-bond donors (Lipinski definition) is 0. The first kappa shape index (κ1) is 14.1. The molecule has 1 rings (SSSR count). The van der Waals surface area contributed by atoms with E-state index in [1.54, 1.807) is 14.2 Å². The van der Waals surface area contributed by atoms with E-state index < -0.39 is 9.76 Å². The van der Waals surface area contributed by atoms with E-state index >= 15 is 0 Å². The second-order valence-electron chi connectivity index (χ2n) is 3.68. The van der Waals surface area contributed by atoms with E-state index in [1.807, 2.05) is 18.2 Å². The number of hydrogen-bond acceptors (Lipinski definition) is 3. The Hall–Kier alpha value is -0.943. The number of rotatable bonds is 8. The van der Waals surface area contributed by atoms with Crippen LogP contribution in [0.4, 0.5) is 0 Å². The Labute approximate surface area is 105 Å². The lowest BCUT2D eigenvalue weighted by molar-refractivity contribution is -0.0526. The van der Waals surface area contributed by atoms with E-state index in [1.165, 1.54) is 5.56 Å². The molecule has 94 valence electrons. The summed E-state index contributed by atoms with van der Waals surface area (Å²) in [6.07, 6.45) is 2.76. The first-order valence-electron chi connectivity index (χ1n) is 5.65. The predicted molar refractivity (Wildman–Crippen MR) is 72.5 cm³/mol. The molecule has 0 saturated carbocycles. The van der Waals surface area contributed by atoms with Gasteiger partial charge in [0, 0.05) is 20.8 Å². The summed E-state index contributed by atoms with van der Waals surface area (Å²) in [5, 5.41) is 0. The van der Waals surface area contributed by atoms with Gasteiger partial charge in [0.05, 0.1) is 0 Å². The van der Waals surface area contributed by atoms with Crippen molar-refractivity contribution in [3.8, 4) is 0 Å². The maximum atomic E-state index is 5.62. The normalized spacial score (nSPS) is 11.5. The zero-order valence-electron chi connectivity index (χ0n) is 10.5. The molecule has 0 aliphatic rings. The molecule has 0 aliphatic carbocycles. The van der Waals surface area contributed by atoms with E-state index in [9.17, 15) is 0 Å². The highest BCUT2D eigenvalue weighted by molar-refractivity contribution is 6.28. The van der Waals surface area contributed by atoms with Crippen molar-refractivity contribution in [3.05, 3.63) is 42.0 Å². The quantitative estimate of drug-likeness (QED) is 0.399. The third-order valence-electron chi connectivity index (χ3n) is 2.50. The Balaban J connectivity index is 2.28. The van der Waals surface area contributed by atoms with Crippen molar-refractivity contribution < 1.29 is 13.9 Å². The summed E-state index contributed by atoms with van der Waals surface area (Å²) in [6, 6.07) is 8.30. The van der Waals surface area contributed by atoms with Gasteiger partial charge in [0.1, 0.15) is 0 Å². The second kappa shape index (κ2) is 8.19. The fourth-order valence-corrected chi connectivity index (χ4v) is 2.25. The van der Waals surface area contributed by atoms with E-state index in [0.29, 0.717) is 0 Å². The maximum absolute atomic E-state index is 5.62. The molecular weight excluding hydrogens is 232 g/mol. The van der Waals surface area contributed by atoms with E-state index in [0.717, 1.165) is 18.6 Å². The van der Waals surface area contributed by atoms with Gasteiger partial charge in [-0.05, 0) is 17.5 Å². The minimum atomic E-state index is -0.770. The summed E-state index contributed by atoms with van der Waals surface area (Å²) < 4.78 is 15.8. The molecule has 0 aromatic heterocycles. The van der Waals surface area contributed by atoms with Crippen LogP contribution in [0.2, 0.25) is 0 Å². The Morgan fingerprint density at radius 3 is 2.76 bits per heavy atom. The average molecular weight is 252 g/mol. The third-order valence-corrected chi connectivity index (χ3v) is 3.96. The summed E-state index contributed by atoms with van der Waals surface area (Å²) in [7, 11) is 2.50.